The van der Waals surface area contributed by atoms with Crippen LogP contribution in [0.4, 0.5) is 15.9 Å². The number of hydrogen-bond acceptors (Lipinski definition) is 4. The zero-order valence-electron chi connectivity index (χ0n) is 12.2. The highest BCUT2D eigenvalue weighted by Gasteiger charge is 2.12. The first kappa shape index (κ1) is 15.5. The van der Waals surface area contributed by atoms with Gasteiger partial charge in [0, 0.05) is 31.9 Å². The molecule has 1 aromatic heterocycles. The van der Waals surface area contributed by atoms with Gasteiger partial charge < -0.3 is 16.0 Å². The molecular formula is C14H16FN5O2. The quantitative estimate of drug-likeness (QED) is 0.855. The van der Waals surface area contributed by atoms with Gasteiger partial charge in [-0.2, -0.15) is 5.10 Å². The van der Waals surface area contributed by atoms with Crippen LogP contribution in [0.5, 0.6) is 0 Å². The van der Waals surface area contributed by atoms with Crippen LogP contribution in [0.2, 0.25) is 0 Å². The van der Waals surface area contributed by atoms with E-state index >= 15 is 0 Å². The van der Waals surface area contributed by atoms with Gasteiger partial charge in [-0.1, -0.05) is 0 Å². The average molecular weight is 305 g/mol. The van der Waals surface area contributed by atoms with Gasteiger partial charge in [-0.05, 0) is 18.2 Å². The largest absolute Gasteiger partial charge is 0.375 e. The number of amides is 2. The monoisotopic (exact) mass is 305 g/mol. The third kappa shape index (κ3) is 3.60. The number of carbonyl (C=O) groups is 2. The van der Waals surface area contributed by atoms with E-state index in [2.05, 4.69) is 10.4 Å². The molecule has 1 aromatic carbocycles. The SMILES string of the molecule is CN(C)c1ccc(C(=O)Nc2ccn(CC(N)=O)n2)cc1F. The van der Waals surface area contributed by atoms with Gasteiger partial charge in [-0.25, -0.2) is 4.39 Å². The molecule has 3 N–H and O–H groups in total. The topological polar surface area (TPSA) is 93.3 Å². The van der Waals surface area contributed by atoms with Gasteiger partial charge >= 0.3 is 0 Å². The van der Waals surface area contributed by atoms with Crippen LogP contribution < -0.4 is 16.0 Å². The molecule has 0 aliphatic heterocycles. The van der Waals surface area contributed by atoms with Crippen LogP contribution in [0.25, 0.3) is 0 Å². The molecule has 0 aliphatic carbocycles. The summed E-state index contributed by atoms with van der Waals surface area (Å²) in [4.78, 5) is 24.4. The van der Waals surface area contributed by atoms with Gasteiger partial charge in [0.15, 0.2) is 5.82 Å². The smallest absolute Gasteiger partial charge is 0.256 e. The molecule has 2 aromatic rings. The highest BCUT2D eigenvalue weighted by Crippen LogP contribution is 2.18. The normalized spacial score (nSPS) is 10.3. The Morgan fingerprint density at radius 1 is 1.36 bits per heavy atom. The fourth-order valence-electron chi connectivity index (χ4n) is 1.88. The Morgan fingerprint density at radius 2 is 2.09 bits per heavy atom. The molecule has 0 aliphatic rings. The number of hydrogen-bond donors (Lipinski definition) is 2. The van der Waals surface area contributed by atoms with E-state index in [1.165, 1.54) is 29.1 Å². The second-order valence-electron chi connectivity index (χ2n) is 4.88. The minimum atomic E-state index is -0.540. The van der Waals surface area contributed by atoms with Crippen molar-refractivity contribution in [2.24, 2.45) is 5.73 Å². The van der Waals surface area contributed by atoms with E-state index in [-0.39, 0.29) is 17.9 Å². The molecule has 0 spiro atoms. The Balaban J connectivity index is 2.10. The number of primary amides is 1. The van der Waals surface area contributed by atoms with Crippen LogP contribution >= 0.6 is 0 Å². The van der Waals surface area contributed by atoms with Gasteiger partial charge in [0.2, 0.25) is 5.91 Å². The number of nitrogens with two attached hydrogens (primary N) is 1. The van der Waals surface area contributed by atoms with E-state index < -0.39 is 17.6 Å². The lowest BCUT2D eigenvalue weighted by Crippen LogP contribution is -2.19. The lowest BCUT2D eigenvalue weighted by Gasteiger charge is -2.13. The Hall–Kier alpha value is -2.90. The molecule has 0 saturated heterocycles. The summed E-state index contributed by atoms with van der Waals surface area (Å²) in [6, 6.07) is 5.72. The predicted octanol–water partition coefficient (Wildman–Crippen LogP) is 0.826. The molecule has 22 heavy (non-hydrogen) atoms. The van der Waals surface area contributed by atoms with Crippen LogP contribution in [-0.2, 0) is 11.3 Å². The van der Waals surface area contributed by atoms with Crippen molar-refractivity contribution < 1.29 is 14.0 Å². The molecule has 2 rings (SSSR count). The van der Waals surface area contributed by atoms with E-state index in [4.69, 9.17) is 5.73 Å². The van der Waals surface area contributed by atoms with E-state index in [1.54, 1.807) is 19.0 Å². The van der Waals surface area contributed by atoms with E-state index in [9.17, 15) is 14.0 Å². The summed E-state index contributed by atoms with van der Waals surface area (Å²) in [6.45, 7) is -0.0813. The minimum absolute atomic E-state index is 0.0813. The van der Waals surface area contributed by atoms with E-state index in [1.807, 2.05) is 0 Å². The molecule has 116 valence electrons. The van der Waals surface area contributed by atoms with Crippen LogP contribution in [0, 0.1) is 5.82 Å². The maximum atomic E-state index is 13.9. The number of rotatable bonds is 5. The summed E-state index contributed by atoms with van der Waals surface area (Å²) in [7, 11) is 3.42. The maximum absolute atomic E-state index is 13.9. The number of nitrogens with zero attached hydrogens (tertiary/aromatic N) is 3. The van der Waals surface area contributed by atoms with Crippen molar-refractivity contribution in [1.82, 2.24) is 9.78 Å². The first-order chi connectivity index (χ1) is 10.4. The number of anilines is 2. The fourth-order valence-corrected chi connectivity index (χ4v) is 1.88. The first-order valence-corrected chi connectivity index (χ1v) is 6.47. The van der Waals surface area contributed by atoms with Crippen molar-refractivity contribution in [1.29, 1.82) is 0 Å². The van der Waals surface area contributed by atoms with Crippen molar-refractivity contribution in [3.8, 4) is 0 Å². The molecule has 8 heteroatoms. The van der Waals surface area contributed by atoms with Crippen molar-refractivity contribution in [3.05, 3.63) is 41.8 Å². The average Bonchev–Trinajstić information content (AvgIpc) is 2.84. The van der Waals surface area contributed by atoms with Gasteiger partial charge in [0.25, 0.3) is 5.91 Å². The number of nitrogens with one attached hydrogen (secondary N) is 1. The Bertz CT molecular complexity index is 711. The second kappa shape index (κ2) is 6.25. The van der Waals surface area contributed by atoms with Crippen LogP contribution in [-0.4, -0.2) is 35.7 Å². The molecule has 1 heterocycles. The summed E-state index contributed by atoms with van der Waals surface area (Å²) in [5.74, 6) is -1.27. The maximum Gasteiger partial charge on any atom is 0.256 e. The molecule has 7 nitrogen and oxygen atoms in total. The Kier molecular flexibility index (Phi) is 4.40. The van der Waals surface area contributed by atoms with Crippen molar-refractivity contribution >= 4 is 23.3 Å². The highest BCUT2D eigenvalue weighted by atomic mass is 19.1. The number of benzene rings is 1. The minimum Gasteiger partial charge on any atom is -0.375 e. The predicted molar refractivity (Wildman–Crippen MR) is 80.1 cm³/mol. The van der Waals surface area contributed by atoms with Crippen LogP contribution in [0.3, 0.4) is 0 Å². The molecular weight excluding hydrogens is 289 g/mol. The highest BCUT2D eigenvalue weighted by molar-refractivity contribution is 6.03. The fraction of sp³-hybridized carbons (Fsp3) is 0.214. The van der Waals surface area contributed by atoms with Gasteiger partial charge in [-0.15, -0.1) is 0 Å². The third-order valence-corrected chi connectivity index (χ3v) is 2.89. The van der Waals surface area contributed by atoms with Gasteiger partial charge in [0.1, 0.15) is 12.4 Å². The van der Waals surface area contributed by atoms with Gasteiger partial charge in [-0.3, -0.25) is 14.3 Å². The van der Waals surface area contributed by atoms with E-state index in [0.717, 1.165) is 6.07 Å². The lowest BCUT2D eigenvalue weighted by molar-refractivity contribution is -0.118. The first-order valence-electron chi connectivity index (χ1n) is 6.47. The van der Waals surface area contributed by atoms with Crippen molar-refractivity contribution in [2.75, 3.05) is 24.3 Å². The van der Waals surface area contributed by atoms with E-state index in [0.29, 0.717) is 5.69 Å². The number of carbonyl (C=O) groups excluding carboxylic acids is 2. The lowest BCUT2D eigenvalue weighted by atomic mass is 10.1. The summed E-state index contributed by atoms with van der Waals surface area (Å²) >= 11 is 0. The Morgan fingerprint density at radius 3 is 2.68 bits per heavy atom. The Labute approximate surface area is 126 Å². The second-order valence-corrected chi connectivity index (χ2v) is 4.88. The van der Waals surface area contributed by atoms with Crippen LogP contribution in [0.1, 0.15) is 10.4 Å². The summed E-state index contributed by atoms with van der Waals surface area (Å²) in [6.07, 6.45) is 1.51. The molecule has 0 saturated carbocycles. The molecule has 2 amide bonds. The third-order valence-electron chi connectivity index (χ3n) is 2.89. The summed E-state index contributed by atoms with van der Waals surface area (Å²) in [5.41, 5.74) is 5.61. The van der Waals surface area contributed by atoms with Crippen LogP contribution in [0.15, 0.2) is 30.5 Å². The number of halogens is 1. The van der Waals surface area contributed by atoms with Crippen molar-refractivity contribution in [3.63, 3.8) is 0 Å². The zero-order valence-corrected chi connectivity index (χ0v) is 12.2. The number of aromatic nitrogens is 2. The summed E-state index contributed by atoms with van der Waals surface area (Å²) in [5, 5.41) is 6.49. The zero-order chi connectivity index (χ0) is 16.3. The standard InChI is InChI=1S/C14H16FN5O2/c1-19(2)11-4-3-9(7-10(11)15)14(22)17-13-5-6-20(18-13)8-12(16)21/h3-7H,8H2,1-2H3,(H2,16,21)(H,17,18,22). The molecule has 0 atom stereocenters. The molecule has 0 unspecified atom stereocenters. The molecule has 0 fully saturated rings. The molecule has 0 radical (unpaired) electrons. The molecule has 0 bridgehead atoms. The van der Waals surface area contributed by atoms with Crippen molar-refractivity contribution in [2.45, 2.75) is 6.54 Å². The van der Waals surface area contributed by atoms with Gasteiger partial charge in [0.05, 0.1) is 5.69 Å². The summed E-state index contributed by atoms with van der Waals surface area (Å²) < 4.78 is 15.2.